The van der Waals surface area contributed by atoms with Gasteiger partial charge in [0.15, 0.2) is 0 Å². The van der Waals surface area contributed by atoms with Crippen molar-refractivity contribution in [1.29, 1.82) is 5.26 Å². The molecule has 0 unspecified atom stereocenters. The van der Waals surface area contributed by atoms with Crippen molar-refractivity contribution in [3.8, 4) is 11.8 Å². The zero-order valence-electron chi connectivity index (χ0n) is 11.3. The van der Waals surface area contributed by atoms with Crippen LogP contribution in [0.15, 0.2) is 30.3 Å². The molecule has 0 bridgehead atoms. The average Bonchev–Trinajstić information content (AvgIpc) is 2.96. The Morgan fingerprint density at radius 1 is 1.45 bits per heavy atom. The first-order chi connectivity index (χ1) is 9.78. The Balaban J connectivity index is 1.93. The number of amides is 1. The van der Waals surface area contributed by atoms with Gasteiger partial charge in [-0.2, -0.15) is 5.26 Å². The third-order valence-electron chi connectivity index (χ3n) is 3.23. The van der Waals surface area contributed by atoms with Crippen LogP contribution in [0.4, 0.5) is 0 Å². The van der Waals surface area contributed by atoms with Crippen LogP contribution in [0.1, 0.15) is 31.2 Å². The Kier molecular flexibility index (Phi) is 5.19. The van der Waals surface area contributed by atoms with Gasteiger partial charge in [0.25, 0.3) is 0 Å². The van der Waals surface area contributed by atoms with Gasteiger partial charge in [-0.05, 0) is 49.5 Å². The summed E-state index contributed by atoms with van der Waals surface area (Å²) in [4.78, 5) is 11.4. The van der Waals surface area contributed by atoms with E-state index in [1.54, 1.807) is 6.08 Å². The van der Waals surface area contributed by atoms with Gasteiger partial charge in [-0.15, -0.1) is 0 Å². The minimum atomic E-state index is -0.270. The molecule has 0 atom stereocenters. The van der Waals surface area contributed by atoms with Gasteiger partial charge < -0.3 is 10.1 Å². The maximum absolute atomic E-state index is 11.4. The Bertz CT molecular complexity index is 526. The maximum atomic E-state index is 11.4. The molecule has 1 aromatic carbocycles. The van der Waals surface area contributed by atoms with Crippen molar-refractivity contribution >= 4 is 12.0 Å². The normalized spacial score (nSPS) is 15.2. The van der Waals surface area contributed by atoms with E-state index in [2.05, 4.69) is 5.32 Å². The molecule has 20 heavy (non-hydrogen) atoms. The first kappa shape index (κ1) is 14.1. The van der Waals surface area contributed by atoms with E-state index in [1.165, 1.54) is 18.9 Å². The topological polar surface area (TPSA) is 62.1 Å². The summed E-state index contributed by atoms with van der Waals surface area (Å²) >= 11 is 0. The largest absolute Gasteiger partial charge is 0.490 e. The van der Waals surface area contributed by atoms with E-state index in [1.807, 2.05) is 30.3 Å². The van der Waals surface area contributed by atoms with Crippen LogP contribution in [0.2, 0.25) is 0 Å². The van der Waals surface area contributed by atoms with Gasteiger partial charge in [0.2, 0.25) is 5.91 Å². The quantitative estimate of drug-likeness (QED) is 0.661. The van der Waals surface area contributed by atoms with Crippen molar-refractivity contribution in [3.63, 3.8) is 0 Å². The number of hydrogen-bond donors (Lipinski definition) is 1. The molecule has 0 saturated heterocycles. The molecule has 0 aromatic heterocycles. The summed E-state index contributed by atoms with van der Waals surface area (Å²) in [7, 11) is 0. The van der Waals surface area contributed by atoms with E-state index in [0.717, 1.165) is 24.2 Å². The van der Waals surface area contributed by atoms with Crippen molar-refractivity contribution < 1.29 is 9.53 Å². The molecule has 0 aliphatic heterocycles. The number of hydrogen-bond acceptors (Lipinski definition) is 3. The van der Waals surface area contributed by atoms with E-state index in [-0.39, 0.29) is 12.5 Å². The van der Waals surface area contributed by atoms with Crippen molar-refractivity contribution in [2.45, 2.75) is 31.8 Å². The monoisotopic (exact) mass is 270 g/mol. The van der Waals surface area contributed by atoms with E-state index in [9.17, 15) is 4.79 Å². The molecule has 0 heterocycles. The predicted octanol–water partition coefficient (Wildman–Crippen LogP) is 2.66. The summed E-state index contributed by atoms with van der Waals surface area (Å²) in [5.74, 6) is 0.574. The number of nitrogens with one attached hydrogen (secondary N) is 1. The molecule has 4 heteroatoms. The third kappa shape index (κ3) is 4.43. The molecule has 1 amide bonds. The predicted molar refractivity (Wildman–Crippen MR) is 77.0 cm³/mol. The van der Waals surface area contributed by atoms with Crippen molar-refractivity contribution in [3.05, 3.63) is 35.9 Å². The molecule has 4 nitrogen and oxygen atoms in total. The highest BCUT2D eigenvalue weighted by Gasteiger charge is 2.16. The van der Waals surface area contributed by atoms with E-state index in [4.69, 9.17) is 10.00 Å². The summed E-state index contributed by atoms with van der Waals surface area (Å²) < 4.78 is 5.91. The van der Waals surface area contributed by atoms with Gasteiger partial charge in [0, 0.05) is 6.08 Å². The first-order valence-electron chi connectivity index (χ1n) is 6.87. The Labute approximate surface area is 119 Å². The smallest absolute Gasteiger partial charge is 0.244 e. The van der Waals surface area contributed by atoms with E-state index >= 15 is 0 Å². The fourth-order valence-corrected chi connectivity index (χ4v) is 2.25. The lowest BCUT2D eigenvalue weighted by atomic mass is 10.2. The summed E-state index contributed by atoms with van der Waals surface area (Å²) in [5.41, 5.74) is 0.910. The molecule has 1 saturated carbocycles. The van der Waals surface area contributed by atoms with Crippen LogP contribution in [0.5, 0.6) is 5.75 Å². The van der Waals surface area contributed by atoms with E-state index < -0.39 is 0 Å². The highest BCUT2D eigenvalue weighted by molar-refractivity contribution is 5.91. The first-order valence-corrected chi connectivity index (χ1v) is 6.87. The summed E-state index contributed by atoms with van der Waals surface area (Å²) in [6.45, 7) is 0.0218. The Morgan fingerprint density at radius 2 is 2.25 bits per heavy atom. The van der Waals surface area contributed by atoms with Crippen LogP contribution in [0.3, 0.4) is 0 Å². The highest BCUT2D eigenvalue weighted by atomic mass is 16.5. The zero-order valence-corrected chi connectivity index (χ0v) is 11.3. The van der Waals surface area contributed by atoms with Gasteiger partial charge in [-0.1, -0.05) is 12.1 Å². The van der Waals surface area contributed by atoms with Gasteiger partial charge in [0.05, 0.1) is 12.2 Å². The van der Waals surface area contributed by atoms with E-state index in [0.29, 0.717) is 6.10 Å². The standard InChI is InChI=1S/C16H18N2O2/c17-10-11-18-16(19)9-8-13-4-3-7-15(12-13)20-14-5-1-2-6-14/h3-4,7-9,12,14H,1-2,5-6,11H2,(H,18,19)/b9-8+. The number of carbonyl (C=O) groups excluding carboxylic acids is 1. The average molecular weight is 270 g/mol. The lowest BCUT2D eigenvalue weighted by molar-refractivity contribution is -0.116. The Hall–Kier alpha value is -2.28. The van der Waals surface area contributed by atoms with Crippen LogP contribution >= 0.6 is 0 Å². The van der Waals surface area contributed by atoms with Crippen LogP contribution in [-0.4, -0.2) is 18.6 Å². The summed E-state index contributed by atoms with van der Waals surface area (Å²) in [5, 5.41) is 10.8. The van der Waals surface area contributed by atoms with Gasteiger partial charge in [-0.3, -0.25) is 4.79 Å². The lowest BCUT2D eigenvalue weighted by Gasteiger charge is -2.13. The van der Waals surface area contributed by atoms with Crippen molar-refractivity contribution in [2.75, 3.05) is 6.54 Å². The fourth-order valence-electron chi connectivity index (χ4n) is 2.25. The zero-order chi connectivity index (χ0) is 14.2. The highest BCUT2D eigenvalue weighted by Crippen LogP contribution is 2.24. The molecule has 1 aromatic rings. The number of ether oxygens (including phenoxy) is 1. The molecule has 1 aliphatic carbocycles. The second-order valence-corrected chi connectivity index (χ2v) is 4.81. The minimum absolute atomic E-state index is 0.0218. The molecule has 1 fully saturated rings. The minimum Gasteiger partial charge on any atom is -0.490 e. The SMILES string of the molecule is N#CCNC(=O)/C=C/c1cccc(OC2CCCC2)c1. The van der Waals surface area contributed by atoms with Crippen molar-refractivity contribution in [2.24, 2.45) is 0 Å². The fraction of sp³-hybridized carbons (Fsp3) is 0.375. The third-order valence-corrected chi connectivity index (χ3v) is 3.23. The van der Waals surface area contributed by atoms with Gasteiger partial charge in [-0.25, -0.2) is 0 Å². The molecule has 1 aliphatic rings. The molecule has 104 valence electrons. The molecule has 0 radical (unpaired) electrons. The van der Waals surface area contributed by atoms with Crippen LogP contribution < -0.4 is 10.1 Å². The summed E-state index contributed by atoms with van der Waals surface area (Å²) in [6.07, 6.45) is 8.19. The lowest BCUT2D eigenvalue weighted by Crippen LogP contribution is -2.20. The number of carbonyl (C=O) groups is 1. The van der Waals surface area contributed by atoms with Crippen LogP contribution in [0.25, 0.3) is 6.08 Å². The number of rotatable bonds is 5. The Morgan fingerprint density at radius 3 is 3.00 bits per heavy atom. The number of nitriles is 1. The van der Waals surface area contributed by atoms with Crippen molar-refractivity contribution in [1.82, 2.24) is 5.32 Å². The molecule has 2 rings (SSSR count). The van der Waals surface area contributed by atoms with Gasteiger partial charge >= 0.3 is 0 Å². The molecule has 1 N–H and O–H groups in total. The molecular formula is C16H18N2O2. The molecule has 0 spiro atoms. The molecular weight excluding hydrogens is 252 g/mol. The summed E-state index contributed by atoms with van der Waals surface area (Å²) in [6, 6.07) is 9.55. The number of benzene rings is 1. The van der Waals surface area contributed by atoms with Crippen LogP contribution in [-0.2, 0) is 4.79 Å². The second kappa shape index (κ2) is 7.34. The second-order valence-electron chi connectivity index (χ2n) is 4.81. The number of nitrogens with zero attached hydrogens (tertiary/aromatic N) is 1. The van der Waals surface area contributed by atoms with Gasteiger partial charge in [0.1, 0.15) is 12.3 Å². The van der Waals surface area contributed by atoms with Crippen LogP contribution in [0, 0.1) is 11.3 Å². The maximum Gasteiger partial charge on any atom is 0.244 e.